The monoisotopic (exact) mass is 394 g/mol. The van der Waals surface area contributed by atoms with Crippen molar-refractivity contribution in [2.45, 2.75) is 13.0 Å². The highest BCUT2D eigenvalue weighted by Gasteiger charge is 2.08. The molecule has 2 aromatic carbocycles. The molecule has 0 fully saturated rings. The Morgan fingerprint density at radius 1 is 0.929 bits per heavy atom. The fraction of sp³-hybridized carbons (Fsp3) is 0.182. The number of hydrogen-bond acceptors (Lipinski definition) is 4. The summed E-state index contributed by atoms with van der Waals surface area (Å²) in [5, 5.41) is 7.67. The second-order valence-corrected chi connectivity index (χ2v) is 7.12. The van der Waals surface area contributed by atoms with Crippen LogP contribution in [0.5, 0.6) is 5.75 Å². The van der Waals surface area contributed by atoms with Crippen LogP contribution in [0.4, 0.5) is 0 Å². The molecule has 2 amide bonds. The van der Waals surface area contributed by atoms with Crippen LogP contribution in [0, 0.1) is 0 Å². The molecule has 2 N–H and O–H groups in total. The molecule has 0 saturated carbocycles. The third kappa shape index (κ3) is 5.20. The van der Waals surface area contributed by atoms with Crippen LogP contribution in [-0.4, -0.2) is 25.5 Å². The molecule has 144 valence electrons. The number of amides is 2. The SMILES string of the molecule is COc1ccccc1CCNC(=O)c1ccc(CNC(=O)c2cccs2)cc1. The summed E-state index contributed by atoms with van der Waals surface area (Å²) in [7, 11) is 1.64. The first-order valence-corrected chi connectivity index (χ1v) is 9.86. The van der Waals surface area contributed by atoms with Gasteiger partial charge in [-0.1, -0.05) is 36.4 Å². The van der Waals surface area contributed by atoms with E-state index in [2.05, 4.69) is 10.6 Å². The smallest absolute Gasteiger partial charge is 0.261 e. The molecular weight excluding hydrogens is 372 g/mol. The number of para-hydroxylation sites is 1. The molecule has 5 nitrogen and oxygen atoms in total. The van der Waals surface area contributed by atoms with Crippen molar-refractivity contribution in [1.29, 1.82) is 0 Å². The average Bonchev–Trinajstić information content (AvgIpc) is 3.27. The van der Waals surface area contributed by atoms with Gasteiger partial charge in [-0.25, -0.2) is 0 Å². The van der Waals surface area contributed by atoms with E-state index >= 15 is 0 Å². The van der Waals surface area contributed by atoms with E-state index < -0.39 is 0 Å². The van der Waals surface area contributed by atoms with Gasteiger partial charge >= 0.3 is 0 Å². The van der Waals surface area contributed by atoms with E-state index in [1.54, 1.807) is 25.3 Å². The molecule has 0 spiro atoms. The number of rotatable bonds is 8. The van der Waals surface area contributed by atoms with Crippen LogP contribution in [0.25, 0.3) is 0 Å². The van der Waals surface area contributed by atoms with Gasteiger partial charge in [-0.3, -0.25) is 9.59 Å². The zero-order valence-electron chi connectivity index (χ0n) is 15.6. The van der Waals surface area contributed by atoms with Gasteiger partial charge in [0.05, 0.1) is 12.0 Å². The lowest BCUT2D eigenvalue weighted by Gasteiger charge is -2.09. The number of thiophene rings is 1. The van der Waals surface area contributed by atoms with Crippen molar-refractivity contribution < 1.29 is 14.3 Å². The molecule has 0 aliphatic heterocycles. The fourth-order valence-corrected chi connectivity index (χ4v) is 3.41. The summed E-state index contributed by atoms with van der Waals surface area (Å²) in [5.74, 6) is 0.614. The number of nitrogens with one attached hydrogen (secondary N) is 2. The fourth-order valence-electron chi connectivity index (χ4n) is 2.77. The maximum atomic E-state index is 12.3. The van der Waals surface area contributed by atoms with E-state index in [0.717, 1.165) is 16.9 Å². The van der Waals surface area contributed by atoms with Crippen LogP contribution in [0.2, 0.25) is 0 Å². The molecule has 1 aromatic heterocycles. The van der Waals surface area contributed by atoms with Gasteiger partial charge in [-0.05, 0) is 47.2 Å². The Kier molecular flexibility index (Phi) is 6.81. The van der Waals surface area contributed by atoms with E-state index in [9.17, 15) is 9.59 Å². The van der Waals surface area contributed by atoms with E-state index in [1.807, 2.05) is 47.8 Å². The number of benzene rings is 2. The van der Waals surface area contributed by atoms with Gasteiger partial charge in [0.1, 0.15) is 5.75 Å². The second-order valence-electron chi connectivity index (χ2n) is 6.17. The van der Waals surface area contributed by atoms with Crippen molar-refractivity contribution in [3.8, 4) is 5.75 Å². The highest BCUT2D eigenvalue weighted by Crippen LogP contribution is 2.17. The van der Waals surface area contributed by atoms with Gasteiger partial charge in [0.2, 0.25) is 0 Å². The molecule has 1 heterocycles. The number of carbonyl (C=O) groups is 2. The van der Waals surface area contributed by atoms with E-state index in [0.29, 0.717) is 30.0 Å². The summed E-state index contributed by atoms with van der Waals surface area (Å²) in [6.07, 6.45) is 0.697. The zero-order valence-corrected chi connectivity index (χ0v) is 16.4. The predicted octanol–water partition coefficient (Wildman–Crippen LogP) is 3.66. The van der Waals surface area contributed by atoms with Crippen LogP contribution in [0.1, 0.15) is 31.2 Å². The van der Waals surface area contributed by atoms with Gasteiger partial charge in [-0.15, -0.1) is 11.3 Å². The highest BCUT2D eigenvalue weighted by atomic mass is 32.1. The van der Waals surface area contributed by atoms with E-state index in [1.165, 1.54) is 11.3 Å². The predicted molar refractivity (Wildman–Crippen MR) is 111 cm³/mol. The summed E-state index contributed by atoms with van der Waals surface area (Å²) in [4.78, 5) is 25.0. The molecule has 6 heteroatoms. The maximum Gasteiger partial charge on any atom is 0.261 e. The third-order valence-corrected chi connectivity index (χ3v) is 5.16. The Morgan fingerprint density at radius 3 is 2.43 bits per heavy atom. The van der Waals surface area contributed by atoms with Crippen LogP contribution in [0.3, 0.4) is 0 Å². The van der Waals surface area contributed by atoms with Gasteiger partial charge in [0.25, 0.3) is 11.8 Å². The van der Waals surface area contributed by atoms with Crippen molar-refractivity contribution in [1.82, 2.24) is 10.6 Å². The number of ether oxygens (including phenoxy) is 1. The Bertz CT molecular complexity index is 921. The Morgan fingerprint density at radius 2 is 1.71 bits per heavy atom. The largest absolute Gasteiger partial charge is 0.496 e. The minimum atomic E-state index is -0.121. The van der Waals surface area contributed by atoms with Crippen molar-refractivity contribution in [3.05, 3.63) is 87.6 Å². The first kappa shape index (κ1) is 19.6. The molecule has 0 aliphatic rings. The molecule has 3 rings (SSSR count). The maximum absolute atomic E-state index is 12.3. The molecule has 0 saturated heterocycles. The van der Waals surface area contributed by atoms with Crippen molar-refractivity contribution >= 4 is 23.2 Å². The number of carbonyl (C=O) groups excluding carboxylic acids is 2. The van der Waals surface area contributed by atoms with Gasteiger partial charge < -0.3 is 15.4 Å². The summed E-state index contributed by atoms with van der Waals surface area (Å²) in [6.45, 7) is 0.949. The molecule has 0 aliphatic carbocycles. The summed E-state index contributed by atoms with van der Waals surface area (Å²) in [5.41, 5.74) is 2.59. The number of hydrogen-bond donors (Lipinski definition) is 2. The molecule has 3 aromatic rings. The van der Waals surface area contributed by atoms with Crippen LogP contribution in [-0.2, 0) is 13.0 Å². The lowest BCUT2D eigenvalue weighted by Crippen LogP contribution is -2.26. The molecule has 0 radical (unpaired) electrons. The topological polar surface area (TPSA) is 67.4 Å². The third-order valence-electron chi connectivity index (χ3n) is 4.29. The molecule has 0 bridgehead atoms. The summed E-state index contributed by atoms with van der Waals surface area (Å²) in [6, 6.07) is 18.7. The molecule has 0 atom stereocenters. The van der Waals surface area contributed by atoms with Crippen LogP contribution in [0.15, 0.2) is 66.0 Å². The average molecular weight is 394 g/mol. The van der Waals surface area contributed by atoms with Gasteiger partial charge in [-0.2, -0.15) is 0 Å². The second kappa shape index (κ2) is 9.71. The van der Waals surface area contributed by atoms with Crippen LogP contribution < -0.4 is 15.4 Å². The van der Waals surface area contributed by atoms with Gasteiger partial charge in [0.15, 0.2) is 0 Å². The Balaban J connectivity index is 1.47. The summed E-state index contributed by atoms with van der Waals surface area (Å²) >= 11 is 1.41. The molecular formula is C22H22N2O3S. The zero-order chi connectivity index (χ0) is 19.8. The molecule has 28 heavy (non-hydrogen) atoms. The summed E-state index contributed by atoms with van der Waals surface area (Å²) < 4.78 is 5.32. The minimum Gasteiger partial charge on any atom is -0.496 e. The minimum absolute atomic E-state index is 0.0897. The highest BCUT2D eigenvalue weighted by molar-refractivity contribution is 7.12. The lowest BCUT2D eigenvalue weighted by molar-refractivity contribution is 0.0945. The quantitative estimate of drug-likeness (QED) is 0.613. The normalized spacial score (nSPS) is 10.3. The Hall–Kier alpha value is -3.12. The van der Waals surface area contributed by atoms with Crippen molar-refractivity contribution in [2.75, 3.05) is 13.7 Å². The standard InChI is InChI=1S/C22H22N2O3S/c1-27-19-6-3-2-5-17(19)12-13-23-21(25)18-10-8-16(9-11-18)15-24-22(26)20-7-4-14-28-20/h2-11,14H,12-13,15H2,1H3,(H,23,25)(H,24,26). The van der Waals surface area contributed by atoms with E-state index in [4.69, 9.17) is 4.74 Å². The van der Waals surface area contributed by atoms with Crippen molar-refractivity contribution in [3.63, 3.8) is 0 Å². The first-order valence-electron chi connectivity index (χ1n) is 8.98. The van der Waals surface area contributed by atoms with Crippen LogP contribution >= 0.6 is 11.3 Å². The Labute approximate surface area is 168 Å². The first-order chi connectivity index (χ1) is 13.7. The van der Waals surface area contributed by atoms with Gasteiger partial charge in [0, 0.05) is 18.7 Å². The van der Waals surface area contributed by atoms with Crippen molar-refractivity contribution in [2.24, 2.45) is 0 Å². The van der Waals surface area contributed by atoms with E-state index in [-0.39, 0.29) is 11.8 Å². The lowest BCUT2D eigenvalue weighted by atomic mass is 10.1. The molecule has 0 unspecified atom stereocenters. The number of methoxy groups -OCH3 is 1.